The summed E-state index contributed by atoms with van der Waals surface area (Å²) in [6.07, 6.45) is 3.46. The molecule has 0 radical (unpaired) electrons. The number of nitrogens with zero attached hydrogens (tertiary/aromatic N) is 1. The molecule has 0 aliphatic rings. The summed E-state index contributed by atoms with van der Waals surface area (Å²) in [4.78, 5) is 4.12. The lowest BCUT2D eigenvalue weighted by Gasteiger charge is -2.33. The minimum Gasteiger partial charge on any atom is -0.380 e. The molecule has 0 aliphatic heterocycles. The van der Waals surface area contributed by atoms with E-state index in [0.717, 1.165) is 16.7 Å². The number of aliphatic hydroxyl groups is 1. The van der Waals surface area contributed by atoms with Crippen molar-refractivity contribution in [1.82, 2.24) is 4.98 Å². The second-order valence-corrected chi connectivity index (χ2v) is 5.03. The van der Waals surface area contributed by atoms with Crippen LogP contribution < -0.4 is 0 Å². The monoisotopic (exact) mass is 241 g/mol. The van der Waals surface area contributed by atoms with Gasteiger partial charge >= 0.3 is 0 Å². The highest BCUT2D eigenvalue weighted by Gasteiger charge is 2.35. The Hall–Kier alpha value is -1.67. The van der Waals surface area contributed by atoms with Crippen molar-refractivity contribution in [2.45, 2.75) is 26.4 Å². The Kier molecular flexibility index (Phi) is 3.48. The molecule has 2 nitrogen and oxygen atoms in total. The lowest BCUT2D eigenvalue weighted by Crippen LogP contribution is -2.33. The first kappa shape index (κ1) is 12.8. The number of aromatic nitrogens is 1. The minimum atomic E-state index is -0.986. The van der Waals surface area contributed by atoms with Crippen molar-refractivity contribution in [2.75, 3.05) is 0 Å². The van der Waals surface area contributed by atoms with Crippen LogP contribution in [0.15, 0.2) is 48.8 Å². The van der Waals surface area contributed by atoms with Gasteiger partial charge < -0.3 is 5.11 Å². The van der Waals surface area contributed by atoms with Crippen LogP contribution in [0.2, 0.25) is 0 Å². The topological polar surface area (TPSA) is 33.1 Å². The van der Waals surface area contributed by atoms with Crippen LogP contribution in [-0.2, 0) is 5.60 Å². The Labute approximate surface area is 108 Å². The summed E-state index contributed by atoms with van der Waals surface area (Å²) >= 11 is 0. The Balaban J connectivity index is 2.58. The molecule has 1 heterocycles. The average molecular weight is 241 g/mol. The van der Waals surface area contributed by atoms with Crippen LogP contribution in [0.5, 0.6) is 0 Å². The summed E-state index contributed by atoms with van der Waals surface area (Å²) in [6.45, 7) is 6.08. The minimum absolute atomic E-state index is 0.0727. The number of pyridine rings is 1. The van der Waals surface area contributed by atoms with Crippen molar-refractivity contribution in [3.05, 3.63) is 65.5 Å². The number of benzene rings is 1. The van der Waals surface area contributed by atoms with Crippen molar-refractivity contribution in [1.29, 1.82) is 0 Å². The largest absolute Gasteiger partial charge is 0.380 e. The standard InChI is InChI=1S/C16H19NO/c1-12(2)16(18,15-8-5-9-17-11-15)14-7-4-6-13(3)10-14/h4-12,18H,1-3H3. The van der Waals surface area contributed by atoms with Gasteiger partial charge in [-0.2, -0.15) is 0 Å². The summed E-state index contributed by atoms with van der Waals surface area (Å²) in [5.74, 6) is 0.0727. The molecule has 0 amide bonds. The molecule has 1 unspecified atom stereocenters. The van der Waals surface area contributed by atoms with E-state index in [9.17, 15) is 5.11 Å². The average Bonchev–Trinajstić information content (AvgIpc) is 2.38. The first-order valence-corrected chi connectivity index (χ1v) is 6.25. The van der Waals surface area contributed by atoms with Gasteiger partial charge in [0.15, 0.2) is 0 Å². The van der Waals surface area contributed by atoms with Crippen LogP contribution >= 0.6 is 0 Å². The van der Waals surface area contributed by atoms with E-state index < -0.39 is 5.60 Å². The molecule has 18 heavy (non-hydrogen) atoms. The van der Waals surface area contributed by atoms with Crippen LogP contribution in [-0.4, -0.2) is 10.1 Å². The van der Waals surface area contributed by atoms with E-state index in [1.807, 2.05) is 57.2 Å². The summed E-state index contributed by atoms with van der Waals surface area (Å²) in [5.41, 5.74) is 1.92. The third kappa shape index (κ3) is 2.16. The van der Waals surface area contributed by atoms with Gasteiger partial charge in [-0.15, -0.1) is 0 Å². The third-order valence-corrected chi connectivity index (χ3v) is 3.40. The predicted octanol–water partition coefficient (Wildman–Crippen LogP) is 3.28. The van der Waals surface area contributed by atoms with Gasteiger partial charge in [-0.05, 0) is 24.5 Å². The van der Waals surface area contributed by atoms with Crippen molar-refractivity contribution in [3.63, 3.8) is 0 Å². The predicted molar refractivity (Wildman–Crippen MR) is 73.3 cm³/mol. The molecule has 0 bridgehead atoms. The molecule has 0 spiro atoms. The maximum atomic E-state index is 11.1. The highest BCUT2D eigenvalue weighted by atomic mass is 16.3. The lowest BCUT2D eigenvalue weighted by atomic mass is 9.78. The first-order valence-electron chi connectivity index (χ1n) is 6.25. The zero-order valence-electron chi connectivity index (χ0n) is 11.1. The van der Waals surface area contributed by atoms with Gasteiger partial charge in [0.2, 0.25) is 0 Å². The second kappa shape index (κ2) is 4.91. The zero-order valence-corrected chi connectivity index (χ0v) is 11.1. The van der Waals surface area contributed by atoms with Crippen LogP contribution in [0.4, 0.5) is 0 Å². The summed E-state index contributed by atoms with van der Waals surface area (Å²) in [5, 5.41) is 11.1. The molecule has 1 atom stereocenters. The summed E-state index contributed by atoms with van der Waals surface area (Å²) < 4.78 is 0. The van der Waals surface area contributed by atoms with Crippen molar-refractivity contribution in [3.8, 4) is 0 Å². The van der Waals surface area contributed by atoms with E-state index in [1.54, 1.807) is 12.4 Å². The molecule has 0 fully saturated rings. The van der Waals surface area contributed by atoms with Crippen molar-refractivity contribution in [2.24, 2.45) is 5.92 Å². The molecule has 0 saturated heterocycles. The highest BCUT2D eigenvalue weighted by molar-refractivity contribution is 5.37. The van der Waals surface area contributed by atoms with Gasteiger partial charge in [-0.25, -0.2) is 0 Å². The van der Waals surface area contributed by atoms with Crippen LogP contribution in [0, 0.1) is 12.8 Å². The molecular formula is C16H19NO. The fourth-order valence-corrected chi connectivity index (χ4v) is 2.30. The Morgan fingerprint density at radius 3 is 2.39 bits per heavy atom. The molecule has 1 aromatic heterocycles. The van der Waals surface area contributed by atoms with Crippen LogP contribution in [0.25, 0.3) is 0 Å². The molecule has 2 aromatic rings. The third-order valence-electron chi connectivity index (χ3n) is 3.40. The molecule has 0 aliphatic carbocycles. The first-order chi connectivity index (χ1) is 8.55. The Morgan fingerprint density at radius 2 is 1.83 bits per heavy atom. The molecule has 94 valence electrons. The smallest absolute Gasteiger partial charge is 0.118 e. The molecule has 0 saturated carbocycles. The Morgan fingerprint density at radius 1 is 1.11 bits per heavy atom. The van der Waals surface area contributed by atoms with E-state index in [2.05, 4.69) is 4.98 Å². The van der Waals surface area contributed by atoms with Gasteiger partial charge in [0.05, 0.1) is 0 Å². The van der Waals surface area contributed by atoms with Crippen LogP contribution in [0.3, 0.4) is 0 Å². The maximum Gasteiger partial charge on any atom is 0.118 e. The second-order valence-electron chi connectivity index (χ2n) is 5.03. The quantitative estimate of drug-likeness (QED) is 0.894. The van der Waals surface area contributed by atoms with E-state index in [1.165, 1.54) is 0 Å². The molecule has 1 N–H and O–H groups in total. The Bertz CT molecular complexity index is 522. The van der Waals surface area contributed by atoms with E-state index in [-0.39, 0.29) is 5.92 Å². The summed E-state index contributed by atoms with van der Waals surface area (Å²) in [6, 6.07) is 11.8. The van der Waals surface area contributed by atoms with Gasteiger partial charge in [0, 0.05) is 18.0 Å². The van der Waals surface area contributed by atoms with Crippen molar-refractivity contribution < 1.29 is 5.11 Å². The molecule has 2 rings (SSSR count). The van der Waals surface area contributed by atoms with Crippen LogP contribution in [0.1, 0.15) is 30.5 Å². The molecule has 1 aromatic carbocycles. The van der Waals surface area contributed by atoms with Gasteiger partial charge in [-0.1, -0.05) is 49.7 Å². The molecule has 2 heteroatoms. The van der Waals surface area contributed by atoms with E-state index >= 15 is 0 Å². The van der Waals surface area contributed by atoms with Gasteiger partial charge in [0.1, 0.15) is 5.60 Å². The fourth-order valence-electron chi connectivity index (χ4n) is 2.30. The van der Waals surface area contributed by atoms with Gasteiger partial charge in [-0.3, -0.25) is 4.98 Å². The lowest BCUT2D eigenvalue weighted by molar-refractivity contribution is 0.0314. The van der Waals surface area contributed by atoms with E-state index in [0.29, 0.717) is 0 Å². The van der Waals surface area contributed by atoms with Gasteiger partial charge in [0.25, 0.3) is 0 Å². The highest BCUT2D eigenvalue weighted by Crippen LogP contribution is 2.36. The van der Waals surface area contributed by atoms with E-state index in [4.69, 9.17) is 0 Å². The summed E-state index contributed by atoms with van der Waals surface area (Å²) in [7, 11) is 0. The zero-order chi connectivity index (χ0) is 13.2. The normalized spacial score (nSPS) is 14.5. The number of hydrogen-bond donors (Lipinski definition) is 1. The fraction of sp³-hybridized carbons (Fsp3) is 0.312. The number of hydrogen-bond acceptors (Lipinski definition) is 2. The number of aryl methyl sites for hydroxylation is 1. The molecular weight excluding hydrogens is 222 g/mol. The number of rotatable bonds is 3. The SMILES string of the molecule is Cc1cccc(C(O)(c2cccnc2)C(C)C)c1. The van der Waals surface area contributed by atoms with Crippen molar-refractivity contribution >= 4 is 0 Å². The maximum absolute atomic E-state index is 11.1.